The monoisotopic (exact) mass is 281 g/mol. The van der Waals surface area contributed by atoms with Crippen LogP contribution in [0.3, 0.4) is 0 Å². The Kier molecular flexibility index (Phi) is 5.96. The van der Waals surface area contributed by atoms with Crippen LogP contribution in [-0.4, -0.2) is 24.1 Å². The van der Waals surface area contributed by atoms with Gasteiger partial charge in [0.1, 0.15) is 0 Å². The maximum atomic E-state index is 11.7. The summed E-state index contributed by atoms with van der Waals surface area (Å²) in [6.07, 6.45) is 1.32. The van der Waals surface area contributed by atoms with Crippen molar-refractivity contribution in [2.24, 2.45) is 0 Å². The number of nitro benzene ring substituents is 1. The summed E-state index contributed by atoms with van der Waals surface area (Å²) < 4.78 is 10.2. The van der Waals surface area contributed by atoms with Crippen LogP contribution in [0.4, 0.5) is 5.69 Å². The average molecular weight is 281 g/mol. The van der Waals surface area contributed by atoms with E-state index in [9.17, 15) is 14.9 Å². The van der Waals surface area contributed by atoms with Crippen molar-refractivity contribution in [2.45, 2.75) is 39.2 Å². The second-order valence-electron chi connectivity index (χ2n) is 4.45. The largest absolute Gasteiger partial charge is 0.472 e. The zero-order valence-electron chi connectivity index (χ0n) is 11.9. The number of para-hydroxylation sites is 1. The first-order chi connectivity index (χ1) is 9.51. The van der Waals surface area contributed by atoms with Crippen molar-refractivity contribution in [1.29, 1.82) is 0 Å². The number of benzene rings is 1. The van der Waals surface area contributed by atoms with Gasteiger partial charge in [-0.25, -0.2) is 4.79 Å². The number of nitro groups is 1. The number of carbonyl (C=O) groups is 1. The summed E-state index contributed by atoms with van der Waals surface area (Å²) in [6, 6.07) is 4.78. The third-order valence-electron chi connectivity index (χ3n) is 2.94. The van der Waals surface area contributed by atoms with Gasteiger partial charge in [0.15, 0.2) is 11.9 Å². The fourth-order valence-electron chi connectivity index (χ4n) is 1.86. The number of unbranched alkanes of at least 4 members (excludes halogenated alkanes) is 1. The molecule has 110 valence electrons. The van der Waals surface area contributed by atoms with Gasteiger partial charge in [0.2, 0.25) is 0 Å². The maximum absolute atomic E-state index is 11.7. The van der Waals surface area contributed by atoms with Gasteiger partial charge in [-0.3, -0.25) is 10.1 Å². The molecule has 0 amide bonds. The Bertz CT molecular complexity index is 486. The van der Waals surface area contributed by atoms with Crippen LogP contribution < -0.4 is 4.74 Å². The summed E-state index contributed by atoms with van der Waals surface area (Å²) in [4.78, 5) is 22.3. The van der Waals surface area contributed by atoms with Crippen LogP contribution >= 0.6 is 0 Å². The van der Waals surface area contributed by atoms with Crippen LogP contribution in [0, 0.1) is 17.0 Å². The molecule has 0 aliphatic carbocycles. The molecule has 0 saturated heterocycles. The van der Waals surface area contributed by atoms with Crippen molar-refractivity contribution < 1.29 is 19.2 Å². The first-order valence-corrected chi connectivity index (χ1v) is 6.49. The van der Waals surface area contributed by atoms with Gasteiger partial charge in [-0.2, -0.15) is 0 Å². The summed E-state index contributed by atoms with van der Waals surface area (Å²) in [6.45, 7) is 3.62. The predicted octanol–water partition coefficient (Wildman–Crippen LogP) is 3.01. The third kappa shape index (κ3) is 3.94. The molecular weight excluding hydrogens is 262 g/mol. The topological polar surface area (TPSA) is 78.7 Å². The van der Waals surface area contributed by atoms with E-state index < -0.39 is 17.0 Å². The van der Waals surface area contributed by atoms with Crippen LogP contribution in [0.2, 0.25) is 0 Å². The van der Waals surface area contributed by atoms with Gasteiger partial charge in [-0.05, 0) is 25.8 Å². The van der Waals surface area contributed by atoms with E-state index in [2.05, 4.69) is 4.74 Å². The predicted molar refractivity (Wildman–Crippen MR) is 73.8 cm³/mol. The number of hydrogen-bond donors (Lipinski definition) is 0. The highest BCUT2D eigenvalue weighted by Crippen LogP contribution is 2.31. The number of nitrogens with zero attached hydrogens (tertiary/aromatic N) is 1. The number of hydrogen-bond acceptors (Lipinski definition) is 5. The van der Waals surface area contributed by atoms with Crippen molar-refractivity contribution in [3.05, 3.63) is 33.9 Å². The minimum Gasteiger partial charge on any atom is -0.472 e. The minimum atomic E-state index is -0.819. The molecule has 0 fully saturated rings. The molecule has 1 atom stereocenters. The number of rotatable bonds is 7. The number of methoxy groups -OCH3 is 1. The van der Waals surface area contributed by atoms with Crippen LogP contribution in [0.5, 0.6) is 5.75 Å². The lowest BCUT2D eigenvalue weighted by Gasteiger charge is -2.17. The van der Waals surface area contributed by atoms with E-state index in [1.807, 2.05) is 6.92 Å². The van der Waals surface area contributed by atoms with Gasteiger partial charge >= 0.3 is 11.7 Å². The molecule has 1 aromatic carbocycles. The summed E-state index contributed by atoms with van der Waals surface area (Å²) in [7, 11) is 1.27. The molecule has 0 radical (unpaired) electrons. The third-order valence-corrected chi connectivity index (χ3v) is 2.94. The molecule has 0 aliphatic heterocycles. The van der Waals surface area contributed by atoms with Crippen molar-refractivity contribution >= 4 is 11.7 Å². The zero-order valence-corrected chi connectivity index (χ0v) is 11.9. The van der Waals surface area contributed by atoms with Crippen LogP contribution in [-0.2, 0) is 9.53 Å². The summed E-state index contributed by atoms with van der Waals surface area (Å²) in [5.41, 5.74) is 0.379. The van der Waals surface area contributed by atoms with E-state index in [-0.39, 0.29) is 11.4 Å². The standard InChI is InChI=1S/C14H19NO5/c1-4-5-8-12(14(16)19-3)20-11-9-6-7-10(2)13(11)15(17)18/h6-7,9,12H,4-5,8H2,1-3H3. The molecule has 0 heterocycles. The first kappa shape index (κ1) is 15.9. The molecule has 6 heteroatoms. The number of carbonyl (C=O) groups excluding carboxylic acids is 1. The molecule has 1 rings (SSSR count). The molecule has 0 saturated carbocycles. The van der Waals surface area contributed by atoms with E-state index in [4.69, 9.17) is 4.74 Å². The summed E-state index contributed by atoms with van der Waals surface area (Å²) in [5.74, 6) is -0.421. The lowest BCUT2D eigenvalue weighted by molar-refractivity contribution is -0.386. The van der Waals surface area contributed by atoms with E-state index >= 15 is 0 Å². The fraction of sp³-hybridized carbons (Fsp3) is 0.500. The van der Waals surface area contributed by atoms with Crippen molar-refractivity contribution in [1.82, 2.24) is 0 Å². The van der Waals surface area contributed by atoms with Gasteiger partial charge in [0.05, 0.1) is 12.0 Å². The van der Waals surface area contributed by atoms with Gasteiger partial charge < -0.3 is 9.47 Å². The molecule has 0 bridgehead atoms. The molecule has 20 heavy (non-hydrogen) atoms. The quantitative estimate of drug-likeness (QED) is 0.436. The average Bonchev–Trinajstić information content (AvgIpc) is 2.42. The first-order valence-electron chi connectivity index (χ1n) is 6.49. The number of aryl methyl sites for hydroxylation is 1. The highest BCUT2D eigenvalue weighted by Gasteiger charge is 2.26. The van der Waals surface area contributed by atoms with Crippen molar-refractivity contribution in [3.8, 4) is 5.75 Å². The van der Waals surface area contributed by atoms with E-state index in [0.717, 1.165) is 12.8 Å². The zero-order chi connectivity index (χ0) is 15.1. The molecule has 0 aliphatic rings. The van der Waals surface area contributed by atoms with Gasteiger partial charge in [0, 0.05) is 5.56 Å². The molecule has 0 N–H and O–H groups in total. The minimum absolute atomic E-state index is 0.0986. The molecule has 1 unspecified atom stereocenters. The van der Waals surface area contributed by atoms with Crippen LogP contribution in [0.25, 0.3) is 0 Å². The fourth-order valence-corrected chi connectivity index (χ4v) is 1.86. The Morgan fingerprint density at radius 2 is 2.15 bits per heavy atom. The Labute approximate surface area is 117 Å². The Hall–Kier alpha value is -2.11. The number of ether oxygens (including phenoxy) is 2. The summed E-state index contributed by atoms with van der Waals surface area (Å²) in [5, 5.41) is 11.1. The molecule has 0 spiro atoms. The molecule has 6 nitrogen and oxygen atoms in total. The van der Waals surface area contributed by atoms with Crippen molar-refractivity contribution in [2.75, 3.05) is 7.11 Å². The smallest absolute Gasteiger partial charge is 0.347 e. The SMILES string of the molecule is CCCCC(Oc1cccc(C)c1[N+](=O)[O-])C(=O)OC. The Morgan fingerprint density at radius 3 is 2.70 bits per heavy atom. The highest BCUT2D eigenvalue weighted by atomic mass is 16.6. The normalized spacial score (nSPS) is 11.8. The van der Waals surface area contributed by atoms with Gasteiger partial charge in [0.25, 0.3) is 0 Å². The second-order valence-corrected chi connectivity index (χ2v) is 4.45. The Balaban J connectivity index is 3.01. The van der Waals surface area contributed by atoms with E-state index in [1.165, 1.54) is 13.2 Å². The molecule has 0 aromatic heterocycles. The Morgan fingerprint density at radius 1 is 1.45 bits per heavy atom. The van der Waals surface area contributed by atoms with E-state index in [1.54, 1.807) is 19.1 Å². The van der Waals surface area contributed by atoms with Crippen molar-refractivity contribution in [3.63, 3.8) is 0 Å². The molecular formula is C14H19NO5. The van der Waals surface area contributed by atoms with Gasteiger partial charge in [-0.1, -0.05) is 25.5 Å². The number of esters is 1. The van der Waals surface area contributed by atoms with Gasteiger partial charge in [-0.15, -0.1) is 0 Å². The van der Waals surface area contributed by atoms with Crippen LogP contribution in [0.15, 0.2) is 18.2 Å². The second kappa shape index (κ2) is 7.47. The highest BCUT2D eigenvalue weighted by molar-refractivity contribution is 5.75. The maximum Gasteiger partial charge on any atom is 0.347 e. The van der Waals surface area contributed by atoms with Crippen LogP contribution in [0.1, 0.15) is 31.7 Å². The lowest BCUT2D eigenvalue weighted by atomic mass is 10.1. The van der Waals surface area contributed by atoms with E-state index in [0.29, 0.717) is 12.0 Å². The summed E-state index contributed by atoms with van der Waals surface area (Å²) >= 11 is 0. The lowest BCUT2D eigenvalue weighted by Crippen LogP contribution is -2.28. The molecule has 1 aromatic rings.